The first-order valence-electron chi connectivity index (χ1n) is 6.66. The van der Waals surface area contributed by atoms with Crippen LogP contribution in [0.2, 0.25) is 5.02 Å². The van der Waals surface area contributed by atoms with Crippen LogP contribution in [0, 0.1) is 5.82 Å². The molecule has 0 aliphatic heterocycles. The van der Waals surface area contributed by atoms with E-state index < -0.39 is 5.82 Å². The van der Waals surface area contributed by atoms with Crippen molar-refractivity contribution in [1.82, 2.24) is 9.97 Å². The highest BCUT2D eigenvalue weighted by molar-refractivity contribution is 7.19. The first-order chi connectivity index (χ1) is 10.1. The summed E-state index contributed by atoms with van der Waals surface area (Å²) >= 11 is 7.50. The highest BCUT2D eigenvalue weighted by atomic mass is 35.5. The Bertz CT molecular complexity index is 875. The standard InChI is InChI=1S/C15H11ClFN3S/c16-9-6-7(4-5-10(9)17)14-19-13(18)12-8-2-1-3-11(8)21-15(12)20-14/h4-6H,1-3H2,(H2,18,19,20). The van der Waals surface area contributed by atoms with E-state index in [1.54, 1.807) is 17.4 Å². The highest BCUT2D eigenvalue weighted by Gasteiger charge is 2.21. The van der Waals surface area contributed by atoms with Crippen molar-refractivity contribution in [2.24, 2.45) is 0 Å². The number of aryl methyl sites for hydroxylation is 2. The van der Waals surface area contributed by atoms with Crippen LogP contribution in [0.15, 0.2) is 18.2 Å². The van der Waals surface area contributed by atoms with Gasteiger partial charge in [-0.2, -0.15) is 0 Å². The molecule has 0 saturated carbocycles. The van der Waals surface area contributed by atoms with Crippen molar-refractivity contribution in [1.29, 1.82) is 0 Å². The van der Waals surface area contributed by atoms with E-state index in [2.05, 4.69) is 9.97 Å². The maximum atomic E-state index is 13.3. The fourth-order valence-corrected chi connectivity index (χ4v) is 4.24. The smallest absolute Gasteiger partial charge is 0.163 e. The molecule has 0 radical (unpaired) electrons. The zero-order chi connectivity index (χ0) is 14.6. The number of aromatic nitrogens is 2. The van der Waals surface area contributed by atoms with Gasteiger partial charge in [-0.15, -0.1) is 11.3 Å². The number of hydrogen-bond acceptors (Lipinski definition) is 4. The zero-order valence-corrected chi connectivity index (χ0v) is 12.6. The molecule has 1 aliphatic carbocycles. The van der Waals surface area contributed by atoms with Crippen LogP contribution in [0.1, 0.15) is 16.9 Å². The van der Waals surface area contributed by atoms with Gasteiger partial charge < -0.3 is 5.73 Å². The molecule has 106 valence electrons. The molecule has 3 nitrogen and oxygen atoms in total. The maximum Gasteiger partial charge on any atom is 0.163 e. The Morgan fingerprint density at radius 1 is 1.24 bits per heavy atom. The van der Waals surface area contributed by atoms with Crippen molar-refractivity contribution in [3.05, 3.63) is 39.5 Å². The van der Waals surface area contributed by atoms with E-state index in [0.717, 1.165) is 23.1 Å². The Morgan fingerprint density at radius 3 is 2.90 bits per heavy atom. The predicted molar refractivity (Wildman–Crippen MR) is 84.3 cm³/mol. The van der Waals surface area contributed by atoms with E-state index in [9.17, 15) is 4.39 Å². The van der Waals surface area contributed by atoms with Gasteiger partial charge in [0, 0.05) is 10.4 Å². The minimum atomic E-state index is -0.454. The van der Waals surface area contributed by atoms with Gasteiger partial charge in [-0.05, 0) is 43.0 Å². The van der Waals surface area contributed by atoms with Crippen LogP contribution < -0.4 is 5.73 Å². The fraction of sp³-hybridized carbons (Fsp3) is 0.200. The van der Waals surface area contributed by atoms with Crippen molar-refractivity contribution in [2.75, 3.05) is 5.73 Å². The number of nitrogen functional groups attached to an aromatic ring is 1. The third kappa shape index (κ3) is 2.00. The second kappa shape index (κ2) is 4.64. The minimum Gasteiger partial charge on any atom is -0.383 e. The van der Waals surface area contributed by atoms with E-state index in [-0.39, 0.29) is 5.02 Å². The SMILES string of the molecule is Nc1nc(-c2ccc(F)c(Cl)c2)nc2sc3c(c12)CCC3. The fourth-order valence-electron chi connectivity index (χ4n) is 2.79. The molecule has 6 heteroatoms. The third-order valence-electron chi connectivity index (χ3n) is 3.77. The largest absolute Gasteiger partial charge is 0.383 e. The number of halogens is 2. The number of benzene rings is 1. The minimum absolute atomic E-state index is 0.0587. The first-order valence-corrected chi connectivity index (χ1v) is 7.86. The van der Waals surface area contributed by atoms with Gasteiger partial charge in [0.15, 0.2) is 5.82 Å². The lowest BCUT2D eigenvalue weighted by Gasteiger charge is -2.05. The molecule has 2 heterocycles. The van der Waals surface area contributed by atoms with Gasteiger partial charge >= 0.3 is 0 Å². The number of rotatable bonds is 1. The van der Waals surface area contributed by atoms with Gasteiger partial charge in [0.2, 0.25) is 0 Å². The maximum absolute atomic E-state index is 13.3. The van der Waals surface area contributed by atoms with Gasteiger partial charge in [-0.1, -0.05) is 11.6 Å². The number of thiophene rings is 1. The molecule has 1 aromatic carbocycles. The first kappa shape index (κ1) is 13.0. The number of anilines is 1. The normalized spacial score (nSPS) is 13.8. The van der Waals surface area contributed by atoms with Crippen LogP contribution in [0.3, 0.4) is 0 Å². The van der Waals surface area contributed by atoms with Crippen molar-refractivity contribution < 1.29 is 4.39 Å². The van der Waals surface area contributed by atoms with Crippen LogP contribution in [-0.4, -0.2) is 9.97 Å². The van der Waals surface area contributed by atoms with Crippen LogP contribution in [0.25, 0.3) is 21.6 Å². The van der Waals surface area contributed by atoms with Gasteiger partial charge in [-0.25, -0.2) is 14.4 Å². The highest BCUT2D eigenvalue weighted by Crippen LogP contribution is 2.39. The summed E-state index contributed by atoms with van der Waals surface area (Å²) in [4.78, 5) is 11.2. The number of fused-ring (bicyclic) bond motifs is 3. The van der Waals surface area contributed by atoms with E-state index in [0.29, 0.717) is 17.2 Å². The lowest BCUT2D eigenvalue weighted by Crippen LogP contribution is -1.97. The number of nitrogens with two attached hydrogens (primary N) is 1. The number of nitrogens with zero attached hydrogens (tertiary/aromatic N) is 2. The van der Waals surface area contributed by atoms with Crippen LogP contribution in [-0.2, 0) is 12.8 Å². The Kier molecular flexibility index (Phi) is 2.87. The second-order valence-electron chi connectivity index (χ2n) is 5.10. The molecule has 3 aromatic rings. The van der Waals surface area contributed by atoms with Crippen LogP contribution in [0.5, 0.6) is 0 Å². The summed E-state index contributed by atoms with van der Waals surface area (Å²) in [5, 5.41) is 1.05. The van der Waals surface area contributed by atoms with Gasteiger partial charge in [0.05, 0.1) is 10.4 Å². The molecule has 0 spiro atoms. The molecular weight excluding hydrogens is 309 g/mol. The monoisotopic (exact) mass is 319 g/mol. The summed E-state index contributed by atoms with van der Waals surface area (Å²) < 4.78 is 13.3. The molecule has 1 aliphatic rings. The van der Waals surface area contributed by atoms with Gasteiger partial charge in [0.25, 0.3) is 0 Å². The molecule has 0 saturated heterocycles. The zero-order valence-electron chi connectivity index (χ0n) is 11.0. The summed E-state index contributed by atoms with van der Waals surface area (Å²) in [6.45, 7) is 0. The van der Waals surface area contributed by atoms with E-state index in [4.69, 9.17) is 17.3 Å². The van der Waals surface area contributed by atoms with Crippen LogP contribution in [0.4, 0.5) is 10.2 Å². The van der Waals surface area contributed by atoms with Crippen molar-refractivity contribution in [2.45, 2.75) is 19.3 Å². The Hall–Kier alpha value is -1.72. The Morgan fingerprint density at radius 2 is 2.10 bits per heavy atom. The Balaban J connectivity index is 1.92. The van der Waals surface area contributed by atoms with Crippen LogP contribution >= 0.6 is 22.9 Å². The predicted octanol–water partition coefficient (Wildman–Crippen LogP) is 4.22. The second-order valence-corrected chi connectivity index (χ2v) is 6.59. The summed E-state index contributed by atoms with van der Waals surface area (Å²) in [6, 6.07) is 4.46. The molecule has 2 aromatic heterocycles. The molecule has 0 unspecified atom stereocenters. The van der Waals surface area contributed by atoms with E-state index >= 15 is 0 Å². The molecular formula is C15H11ClFN3S. The van der Waals surface area contributed by atoms with Crippen molar-refractivity contribution in [3.8, 4) is 11.4 Å². The molecule has 0 atom stereocenters. The summed E-state index contributed by atoms with van der Waals surface area (Å²) in [7, 11) is 0. The average Bonchev–Trinajstić information content (AvgIpc) is 3.01. The molecule has 4 rings (SSSR count). The quantitative estimate of drug-likeness (QED) is 0.730. The molecule has 0 amide bonds. The summed E-state index contributed by atoms with van der Waals surface area (Å²) in [5.41, 5.74) is 8.10. The molecule has 0 fully saturated rings. The van der Waals surface area contributed by atoms with E-state index in [1.807, 2.05) is 0 Å². The topological polar surface area (TPSA) is 51.8 Å². The summed E-state index contributed by atoms with van der Waals surface area (Å²) in [5.74, 6) is 0.529. The molecule has 0 bridgehead atoms. The third-order valence-corrected chi connectivity index (χ3v) is 5.25. The lowest BCUT2D eigenvalue weighted by atomic mass is 10.1. The summed E-state index contributed by atoms with van der Waals surface area (Å²) in [6.07, 6.45) is 3.31. The van der Waals surface area contributed by atoms with Crippen molar-refractivity contribution >= 4 is 39.0 Å². The van der Waals surface area contributed by atoms with Gasteiger partial charge in [0.1, 0.15) is 16.5 Å². The average molecular weight is 320 g/mol. The van der Waals surface area contributed by atoms with E-state index in [1.165, 1.54) is 29.0 Å². The molecule has 2 N–H and O–H groups in total. The number of hydrogen-bond donors (Lipinski definition) is 1. The molecule has 21 heavy (non-hydrogen) atoms. The van der Waals surface area contributed by atoms with Crippen molar-refractivity contribution in [3.63, 3.8) is 0 Å². The van der Waals surface area contributed by atoms with Gasteiger partial charge in [-0.3, -0.25) is 0 Å². The Labute approximate surface area is 129 Å². The lowest BCUT2D eigenvalue weighted by molar-refractivity contribution is 0.628.